The third-order valence-electron chi connectivity index (χ3n) is 4.94. The Hall–Kier alpha value is -1.81. The van der Waals surface area contributed by atoms with Crippen LogP contribution < -0.4 is 5.32 Å². The second-order valence-corrected chi connectivity index (χ2v) is 6.73. The van der Waals surface area contributed by atoms with Gasteiger partial charge >= 0.3 is 0 Å². The molecule has 0 spiro atoms. The molecule has 0 saturated carbocycles. The molecule has 1 N–H and O–H groups in total. The summed E-state index contributed by atoms with van der Waals surface area (Å²) >= 11 is 0. The maximum Gasteiger partial charge on any atom is 0.251 e. The molecule has 0 aliphatic carbocycles. The van der Waals surface area contributed by atoms with E-state index in [4.69, 9.17) is 0 Å². The molecule has 1 aromatic carbocycles. The van der Waals surface area contributed by atoms with Gasteiger partial charge in [0.05, 0.1) is 0 Å². The lowest BCUT2D eigenvalue weighted by atomic mass is 10.1. The molecule has 4 heteroatoms. The van der Waals surface area contributed by atoms with E-state index in [0.717, 1.165) is 30.6 Å². The van der Waals surface area contributed by atoms with Gasteiger partial charge in [-0.1, -0.05) is 6.92 Å². The molecule has 4 nitrogen and oxygen atoms in total. The summed E-state index contributed by atoms with van der Waals surface area (Å²) in [4.78, 5) is 14.9. The zero-order chi connectivity index (χ0) is 16.4. The van der Waals surface area contributed by atoms with E-state index in [1.165, 1.54) is 18.4 Å². The number of fused-ring (bicyclic) bond motifs is 1. The van der Waals surface area contributed by atoms with Crippen LogP contribution in [0.2, 0.25) is 0 Å². The van der Waals surface area contributed by atoms with E-state index in [-0.39, 0.29) is 5.91 Å². The highest BCUT2D eigenvalue weighted by atomic mass is 16.1. The Bertz CT molecular complexity index is 689. The van der Waals surface area contributed by atoms with E-state index in [0.29, 0.717) is 12.1 Å². The number of carbonyl (C=O) groups excluding carboxylic acids is 1. The third-order valence-corrected chi connectivity index (χ3v) is 4.94. The van der Waals surface area contributed by atoms with Crippen molar-refractivity contribution in [2.75, 3.05) is 19.6 Å². The second kappa shape index (κ2) is 6.75. The van der Waals surface area contributed by atoms with E-state index < -0.39 is 0 Å². The molecular formula is C19H27N3O. The van der Waals surface area contributed by atoms with Gasteiger partial charge in [0.25, 0.3) is 5.91 Å². The first kappa shape index (κ1) is 16.1. The molecule has 3 rings (SSSR count). The largest absolute Gasteiger partial charge is 0.350 e. The lowest BCUT2D eigenvalue weighted by Crippen LogP contribution is -2.40. The Kier molecular flexibility index (Phi) is 4.71. The highest BCUT2D eigenvalue weighted by Gasteiger charge is 2.23. The second-order valence-electron chi connectivity index (χ2n) is 6.73. The first-order valence-electron chi connectivity index (χ1n) is 8.73. The minimum Gasteiger partial charge on any atom is -0.350 e. The van der Waals surface area contributed by atoms with E-state index in [1.54, 1.807) is 0 Å². The van der Waals surface area contributed by atoms with Crippen molar-refractivity contribution in [1.29, 1.82) is 0 Å². The van der Waals surface area contributed by atoms with Crippen LogP contribution in [-0.2, 0) is 0 Å². The summed E-state index contributed by atoms with van der Waals surface area (Å²) in [6.07, 6.45) is 4.52. The van der Waals surface area contributed by atoms with Crippen LogP contribution in [0.4, 0.5) is 0 Å². The lowest BCUT2D eigenvalue weighted by Gasteiger charge is -2.22. The number of hydrogen-bond acceptors (Lipinski definition) is 2. The van der Waals surface area contributed by atoms with Crippen LogP contribution in [0.25, 0.3) is 10.9 Å². The molecule has 1 aromatic heterocycles. The number of aromatic nitrogens is 1. The van der Waals surface area contributed by atoms with Crippen LogP contribution in [0.15, 0.2) is 30.5 Å². The van der Waals surface area contributed by atoms with Gasteiger partial charge in [-0.05, 0) is 64.0 Å². The number of hydrogen-bond donors (Lipinski definition) is 1. The van der Waals surface area contributed by atoms with Crippen molar-refractivity contribution >= 4 is 16.8 Å². The van der Waals surface area contributed by atoms with Gasteiger partial charge in [0.15, 0.2) is 0 Å². The molecule has 1 saturated heterocycles. The summed E-state index contributed by atoms with van der Waals surface area (Å²) < 4.78 is 2.23. The fourth-order valence-electron chi connectivity index (χ4n) is 3.61. The zero-order valence-electron chi connectivity index (χ0n) is 14.4. The van der Waals surface area contributed by atoms with Crippen molar-refractivity contribution < 1.29 is 4.79 Å². The number of benzene rings is 1. The van der Waals surface area contributed by atoms with Crippen molar-refractivity contribution in [2.24, 2.45) is 0 Å². The number of nitrogens with zero attached hydrogens (tertiary/aromatic N) is 2. The predicted molar refractivity (Wildman–Crippen MR) is 94.9 cm³/mol. The van der Waals surface area contributed by atoms with Crippen LogP contribution in [0.1, 0.15) is 50.0 Å². The van der Waals surface area contributed by atoms with E-state index >= 15 is 0 Å². The highest BCUT2D eigenvalue weighted by molar-refractivity contribution is 5.98. The smallest absolute Gasteiger partial charge is 0.251 e. The average Bonchev–Trinajstić information content (AvgIpc) is 3.17. The van der Waals surface area contributed by atoms with Crippen molar-refractivity contribution in [2.45, 2.75) is 45.7 Å². The van der Waals surface area contributed by atoms with Gasteiger partial charge < -0.3 is 9.88 Å². The summed E-state index contributed by atoms with van der Waals surface area (Å²) in [5.74, 6) is 0.0344. The minimum atomic E-state index is 0.0344. The normalized spacial score (nSPS) is 18.9. The molecule has 124 valence electrons. The van der Waals surface area contributed by atoms with Gasteiger partial charge in [0, 0.05) is 41.3 Å². The molecule has 2 aromatic rings. The first-order valence-corrected chi connectivity index (χ1v) is 8.73. The van der Waals surface area contributed by atoms with Crippen molar-refractivity contribution in [3.63, 3.8) is 0 Å². The number of likely N-dealkylation sites (N-methyl/N-ethyl adjacent to an activating group) is 1. The Morgan fingerprint density at radius 3 is 2.91 bits per heavy atom. The molecule has 1 aliphatic rings. The average molecular weight is 313 g/mol. The molecule has 1 amide bonds. The quantitative estimate of drug-likeness (QED) is 0.918. The molecular weight excluding hydrogens is 286 g/mol. The van der Waals surface area contributed by atoms with Crippen LogP contribution >= 0.6 is 0 Å². The highest BCUT2D eigenvalue weighted by Crippen LogP contribution is 2.21. The Labute approximate surface area is 138 Å². The van der Waals surface area contributed by atoms with Gasteiger partial charge in [-0.15, -0.1) is 0 Å². The maximum absolute atomic E-state index is 12.4. The molecule has 1 atom stereocenters. The summed E-state index contributed by atoms with van der Waals surface area (Å²) in [5.41, 5.74) is 1.93. The Morgan fingerprint density at radius 2 is 2.17 bits per heavy atom. The van der Waals surface area contributed by atoms with E-state index in [9.17, 15) is 4.79 Å². The fraction of sp³-hybridized carbons (Fsp3) is 0.526. The van der Waals surface area contributed by atoms with Crippen LogP contribution in [0.5, 0.6) is 0 Å². The van der Waals surface area contributed by atoms with Crippen molar-refractivity contribution in [3.05, 3.63) is 36.0 Å². The van der Waals surface area contributed by atoms with Gasteiger partial charge in [0.1, 0.15) is 0 Å². The fourth-order valence-corrected chi connectivity index (χ4v) is 3.61. The number of rotatable bonds is 5. The van der Waals surface area contributed by atoms with E-state index in [1.807, 2.05) is 12.1 Å². The number of likely N-dealkylation sites (tertiary alicyclic amines) is 1. The summed E-state index contributed by atoms with van der Waals surface area (Å²) in [6.45, 7) is 9.49. The maximum atomic E-state index is 12.4. The molecule has 2 heterocycles. The van der Waals surface area contributed by atoms with Gasteiger partial charge in [-0.25, -0.2) is 0 Å². The van der Waals surface area contributed by atoms with E-state index in [2.05, 4.69) is 53.9 Å². The van der Waals surface area contributed by atoms with Gasteiger partial charge in [0.2, 0.25) is 0 Å². The lowest BCUT2D eigenvalue weighted by molar-refractivity contribution is 0.0941. The van der Waals surface area contributed by atoms with Gasteiger partial charge in [-0.2, -0.15) is 0 Å². The zero-order valence-corrected chi connectivity index (χ0v) is 14.4. The monoisotopic (exact) mass is 313 g/mol. The number of carbonyl (C=O) groups is 1. The van der Waals surface area contributed by atoms with Crippen LogP contribution in [-0.4, -0.2) is 41.1 Å². The van der Waals surface area contributed by atoms with Crippen LogP contribution in [0, 0.1) is 0 Å². The summed E-state index contributed by atoms with van der Waals surface area (Å²) in [7, 11) is 0. The predicted octanol–water partition coefficient (Wildman–Crippen LogP) is 3.44. The van der Waals surface area contributed by atoms with Gasteiger partial charge in [-0.3, -0.25) is 9.69 Å². The molecule has 0 bridgehead atoms. The van der Waals surface area contributed by atoms with Crippen molar-refractivity contribution in [1.82, 2.24) is 14.8 Å². The van der Waals surface area contributed by atoms with Crippen LogP contribution in [0.3, 0.4) is 0 Å². The minimum absolute atomic E-state index is 0.0344. The third kappa shape index (κ3) is 3.27. The molecule has 1 fully saturated rings. The number of amides is 1. The summed E-state index contributed by atoms with van der Waals surface area (Å²) in [5, 5.41) is 4.24. The standard InChI is InChI=1S/C19H27N3O/c1-4-21-10-5-6-17(21)13-20-19(23)16-7-8-18-15(12-16)9-11-22(18)14(2)3/h7-9,11-12,14,17H,4-6,10,13H2,1-3H3,(H,20,23)/t17-/m0/s1. The number of nitrogens with one attached hydrogen (secondary N) is 1. The molecule has 23 heavy (non-hydrogen) atoms. The topological polar surface area (TPSA) is 37.3 Å². The Morgan fingerprint density at radius 1 is 1.35 bits per heavy atom. The molecule has 0 radical (unpaired) electrons. The molecule has 1 aliphatic heterocycles. The summed E-state index contributed by atoms with van der Waals surface area (Å²) in [6, 6.07) is 8.99. The first-order chi connectivity index (χ1) is 11.1. The van der Waals surface area contributed by atoms with Crippen molar-refractivity contribution in [3.8, 4) is 0 Å². The molecule has 0 unspecified atom stereocenters. The Balaban J connectivity index is 1.69. The SMILES string of the molecule is CCN1CCC[C@H]1CNC(=O)c1ccc2c(ccn2C(C)C)c1.